The molecule has 0 fully saturated rings. The van der Waals surface area contributed by atoms with Gasteiger partial charge in [-0.15, -0.1) is 0 Å². The molecule has 0 aromatic heterocycles. The molecule has 0 saturated carbocycles. The number of ether oxygens (including phenoxy) is 1. The van der Waals surface area contributed by atoms with Gasteiger partial charge in [0.1, 0.15) is 5.82 Å². The Morgan fingerprint density at radius 2 is 2.06 bits per heavy atom. The summed E-state index contributed by atoms with van der Waals surface area (Å²) in [5, 5.41) is 9.27. The summed E-state index contributed by atoms with van der Waals surface area (Å²) in [5.41, 5.74) is -1.32. The van der Waals surface area contributed by atoms with Crippen molar-refractivity contribution >= 4 is 5.97 Å². The molecule has 0 radical (unpaired) electrons. The number of methoxy groups -OCH3 is 1. The van der Waals surface area contributed by atoms with Gasteiger partial charge in [0.15, 0.2) is 6.10 Å². The van der Waals surface area contributed by atoms with Crippen molar-refractivity contribution in [2.24, 2.45) is 0 Å². The number of hydrogen-bond donors (Lipinski definition) is 1. The monoisotopic (exact) mass is 266 g/mol. The summed E-state index contributed by atoms with van der Waals surface area (Å²) in [6.45, 7) is 0. The van der Waals surface area contributed by atoms with Gasteiger partial charge in [-0.05, 0) is 17.7 Å². The van der Waals surface area contributed by atoms with E-state index in [-0.39, 0.29) is 12.0 Å². The van der Waals surface area contributed by atoms with E-state index in [1.165, 1.54) is 0 Å². The number of esters is 1. The number of carbonyl (C=O) groups excluding carboxylic acids is 1. The van der Waals surface area contributed by atoms with Crippen molar-refractivity contribution in [3.8, 4) is 0 Å². The van der Waals surface area contributed by atoms with Crippen LogP contribution < -0.4 is 0 Å². The van der Waals surface area contributed by atoms with Crippen LogP contribution in [0.4, 0.5) is 17.6 Å². The minimum absolute atomic E-state index is 0.0680. The Morgan fingerprint density at radius 3 is 2.50 bits per heavy atom. The lowest BCUT2D eigenvalue weighted by Crippen LogP contribution is -2.24. The summed E-state index contributed by atoms with van der Waals surface area (Å²) in [4.78, 5) is 10.9. The van der Waals surface area contributed by atoms with Gasteiger partial charge in [0.2, 0.25) is 0 Å². The van der Waals surface area contributed by atoms with E-state index in [2.05, 4.69) is 4.74 Å². The van der Waals surface area contributed by atoms with Crippen LogP contribution in [0.5, 0.6) is 0 Å². The summed E-state index contributed by atoms with van der Waals surface area (Å²) < 4.78 is 54.2. The van der Waals surface area contributed by atoms with E-state index in [1.807, 2.05) is 0 Å². The summed E-state index contributed by atoms with van der Waals surface area (Å²) >= 11 is 0. The Kier molecular flexibility index (Phi) is 4.28. The van der Waals surface area contributed by atoms with Gasteiger partial charge >= 0.3 is 12.1 Å². The van der Waals surface area contributed by atoms with Crippen molar-refractivity contribution in [2.75, 3.05) is 7.11 Å². The molecule has 1 N–H and O–H groups in total. The minimum atomic E-state index is -4.77. The first-order chi connectivity index (χ1) is 8.25. The van der Waals surface area contributed by atoms with Gasteiger partial charge in [-0.2, -0.15) is 13.2 Å². The number of halogens is 4. The van der Waals surface area contributed by atoms with Crippen LogP contribution in [-0.4, -0.2) is 24.3 Å². The zero-order valence-electron chi connectivity index (χ0n) is 9.29. The molecule has 100 valence electrons. The van der Waals surface area contributed by atoms with Crippen molar-refractivity contribution in [3.05, 3.63) is 35.1 Å². The molecule has 0 aliphatic rings. The van der Waals surface area contributed by atoms with Gasteiger partial charge in [0.25, 0.3) is 0 Å². The average Bonchev–Trinajstić information content (AvgIpc) is 2.26. The van der Waals surface area contributed by atoms with Gasteiger partial charge < -0.3 is 9.84 Å². The van der Waals surface area contributed by atoms with E-state index >= 15 is 0 Å². The predicted molar refractivity (Wildman–Crippen MR) is 53.1 cm³/mol. The summed E-state index contributed by atoms with van der Waals surface area (Å²) in [6, 6.07) is 2.20. The maximum absolute atomic E-state index is 13.2. The molecule has 0 aliphatic carbocycles. The molecule has 0 amide bonds. The van der Waals surface area contributed by atoms with E-state index in [0.29, 0.717) is 12.1 Å². The van der Waals surface area contributed by atoms with E-state index in [4.69, 9.17) is 0 Å². The fraction of sp³-hybridized carbons (Fsp3) is 0.364. The van der Waals surface area contributed by atoms with Crippen LogP contribution in [0.1, 0.15) is 11.1 Å². The highest BCUT2D eigenvalue weighted by Crippen LogP contribution is 2.31. The number of hydrogen-bond acceptors (Lipinski definition) is 3. The Bertz CT molecular complexity index is 442. The SMILES string of the molecule is COC(=O)C(O)Cc1ccc(C(F)(F)F)c(F)c1. The molecule has 0 spiro atoms. The molecule has 0 heterocycles. The fourth-order valence-electron chi connectivity index (χ4n) is 1.36. The molecule has 18 heavy (non-hydrogen) atoms. The zero-order chi connectivity index (χ0) is 13.9. The first kappa shape index (κ1) is 14.4. The molecule has 1 unspecified atom stereocenters. The molecule has 1 rings (SSSR count). The number of rotatable bonds is 3. The van der Waals surface area contributed by atoms with Crippen LogP contribution in [0.25, 0.3) is 0 Å². The smallest absolute Gasteiger partial charge is 0.419 e. The van der Waals surface area contributed by atoms with Gasteiger partial charge in [0.05, 0.1) is 12.7 Å². The van der Waals surface area contributed by atoms with Crippen LogP contribution in [0.15, 0.2) is 18.2 Å². The Balaban J connectivity index is 2.89. The number of benzene rings is 1. The van der Waals surface area contributed by atoms with E-state index in [9.17, 15) is 27.5 Å². The fourth-order valence-corrected chi connectivity index (χ4v) is 1.36. The number of aliphatic hydroxyl groups excluding tert-OH is 1. The lowest BCUT2D eigenvalue weighted by atomic mass is 10.0. The second-order valence-corrected chi connectivity index (χ2v) is 3.56. The summed E-state index contributed by atoms with van der Waals surface area (Å²) in [7, 11) is 1.05. The van der Waals surface area contributed by atoms with Gasteiger partial charge in [-0.1, -0.05) is 6.07 Å². The lowest BCUT2D eigenvalue weighted by Gasteiger charge is -2.11. The van der Waals surface area contributed by atoms with Gasteiger partial charge in [-0.3, -0.25) is 0 Å². The third-order valence-electron chi connectivity index (χ3n) is 2.24. The lowest BCUT2D eigenvalue weighted by molar-refractivity contribution is -0.150. The molecule has 1 atom stereocenters. The first-order valence-corrected chi connectivity index (χ1v) is 4.87. The molecule has 1 aromatic rings. The van der Waals surface area contributed by atoms with Crippen LogP contribution in [0.2, 0.25) is 0 Å². The summed E-state index contributed by atoms with van der Waals surface area (Å²) in [6.07, 6.45) is -6.63. The second kappa shape index (κ2) is 5.34. The molecule has 0 bridgehead atoms. The maximum Gasteiger partial charge on any atom is 0.419 e. The zero-order valence-corrected chi connectivity index (χ0v) is 9.29. The van der Waals surface area contributed by atoms with Crippen LogP contribution in [0.3, 0.4) is 0 Å². The highest BCUT2D eigenvalue weighted by Gasteiger charge is 2.34. The highest BCUT2D eigenvalue weighted by atomic mass is 19.4. The van der Waals surface area contributed by atoms with E-state index < -0.39 is 29.6 Å². The van der Waals surface area contributed by atoms with Crippen molar-refractivity contribution < 1.29 is 32.2 Å². The third-order valence-corrected chi connectivity index (χ3v) is 2.24. The molecule has 3 nitrogen and oxygen atoms in total. The topological polar surface area (TPSA) is 46.5 Å². The molecular weight excluding hydrogens is 256 g/mol. The first-order valence-electron chi connectivity index (χ1n) is 4.87. The van der Waals surface area contributed by atoms with Crippen LogP contribution in [0, 0.1) is 5.82 Å². The number of carbonyl (C=O) groups is 1. The molecule has 7 heteroatoms. The van der Waals surface area contributed by atoms with Crippen LogP contribution in [-0.2, 0) is 22.1 Å². The minimum Gasteiger partial charge on any atom is -0.467 e. The Labute approximate surface area is 100.0 Å². The normalized spacial score (nSPS) is 13.2. The van der Waals surface area contributed by atoms with Gasteiger partial charge in [-0.25, -0.2) is 9.18 Å². The number of aliphatic hydroxyl groups is 1. The standard InChI is InChI=1S/C11H10F4O3/c1-18-10(17)9(16)5-6-2-3-7(8(12)4-6)11(13,14)15/h2-4,9,16H,5H2,1H3. The predicted octanol–water partition coefficient (Wildman–Crippen LogP) is 1.92. The maximum atomic E-state index is 13.2. The van der Waals surface area contributed by atoms with Crippen molar-refractivity contribution in [1.29, 1.82) is 0 Å². The van der Waals surface area contributed by atoms with E-state index in [0.717, 1.165) is 13.2 Å². The largest absolute Gasteiger partial charge is 0.467 e. The van der Waals surface area contributed by atoms with Crippen LogP contribution >= 0.6 is 0 Å². The highest BCUT2D eigenvalue weighted by molar-refractivity contribution is 5.74. The Hall–Kier alpha value is -1.63. The molecule has 0 saturated heterocycles. The van der Waals surface area contributed by atoms with E-state index in [1.54, 1.807) is 0 Å². The number of alkyl halides is 3. The van der Waals surface area contributed by atoms with Crippen molar-refractivity contribution in [1.82, 2.24) is 0 Å². The van der Waals surface area contributed by atoms with Gasteiger partial charge in [0, 0.05) is 6.42 Å². The third kappa shape index (κ3) is 3.43. The van der Waals surface area contributed by atoms with Crippen molar-refractivity contribution in [3.63, 3.8) is 0 Å². The summed E-state index contributed by atoms with van der Waals surface area (Å²) in [5.74, 6) is -2.38. The quantitative estimate of drug-likeness (QED) is 0.671. The van der Waals surface area contributed by atoms with Crippen molar-refractivity contribution in [2.45, 2.75) is 18.7 Å². The Morgan fingerprint density at radius 1 is 1.44 bits per heavy atom. The molecule has 0 aliphatic heterocycles. The second-order valence-electron chi connectivity index (χ2n) is 3.56. The average molecular weight is 266 g/mol. The molecular formula is C11H10F4O3. The molecule has 1 aromatic carbocycles.